The van der Waals surface area contributed by atoms with Crippen LogP contribution in [0, 0.1) is 0 Å². The molecule has 2 aliphatic rings. The van der Waals surface area contributed by atoms with Crippen molar-refractivity contribution in [3.63, 3.8) is 0 Å². The van der Waals surface area contributed by atoms with E-state index in [9.17, 15) is 0 Å². The van der Waals surface area contributed by atoms with Gasteiger partial charge in [0.15, 0.2) is 0 Å². The Morgan fingerprint density at radius 1 is 0.422 bits per heavy atom. The number of rotatable bonds is 3. The molecular weight excluding hydrogens is 553 g/mol. The third-order valence-electron chi connectivity index (χ3n) is 9.15. The highest BCUT2D eigenvalue weighted by molar-refractivity contribution is 6.98. The summed E-state index contributed by atoms with van der Waals surface area (Å²) in [4.78, 5) is 2.28. The van der Waals surface area contributed by atoms with E-state index in [0.29, 0.717) is 0 Å². The van der Waals surface area contributed by atoms with Gasteiger partial charge in [-0.05, 0) is 88.4 Å². The van der Waals surface area contributed by atoms with E-state index < -0.39 is 0 Å². The van der Waals surface area contributed by atoms with Crippen molar-refractivity contribution in [1.82, 2.24) is 0 Å². The molecule has 0 spiro atoms. The first-order valence-corrected chi connectivity index (χ1v) is 15.2. The second-order valence-electron chi connectivity index (χ2n) is 11.7. The van der Waals surface area contributed by atoms with E-state index in [2.05, 4.69) is 114 Å². The third kappa shape index (κ3) is 3.68. The molecule has 2 aliphatic heterocycles. The summed E-state index contributed by atoms with van der Waals surface area (Å²) < 4.78 is 19.5. The monoisotopic (exact) mass is 577 g/mol. The maximum Gasteiger partial charge on any atom is 0.260 e. The fourth-order valence-electron chi connectivity index (χ4n) is 7.11. The maximum absolute atomic E-state index is 6.65. The maximum atomic E-state index is 6.65. The lowest BCUT2D eigenvalue weighted by molar-refractivity contribution is 0.465. The number of hydrogen-bond acceptors (Lipinski definition) is 4. The summed E-state index contributed by atoms with van der Waals surface area (Å²) >= 11 is 0. The standard InChI is InChI=1S/C40H24BNO3/c1-2-11-27(12-3-1)42(28-18-17-25-9-4-5-10-26(25)21-28)29-19-20-30-31-23-39-33(24-38(31)45-37(30)22-29)41-32-13-6-7-14-34(32)43-35-15-8-16-36(44-39)40(35)41/h1-24H. The summed E-state index contributed by atoms with van der Waals surface area (Å²) in [5, 5.41) is 4.51. The van der Waals surface area contributed by atoms with Crippen LogP contribution in [-0.4, -0.2) is 6.71 Å². The van der Waals surface area contributed by atoms with Crippen molar-refractivity contribution in [2.24, 2.45) is 0 Å². The molecule has 1 aromatic heterocycles. The van der Waals surface area contributed by atoms with E-state index in [4.69, 9.17) is 13.9 Å². The van der Waals surface area contributed by atoms with E-state index in [0.717, 1.165) is 78.4 Å². The van der Waals surface area contributed by atoms with E-state index in [1.807, 2.05) is 36.4 Å². The average Bonchev–Trinajstić information content (AvgIpc) is 3.44. The van der Waals surface area contributed by atoms with Crippen LogP contribution in [0.3, 0.4) is 0 Å². The topological polar surface area (TPSA) is 34.8 Å². The van der Waals surface area contributed by atoms with Gasteiger partial charge in [0.05, 0.1) is 0 Å². The van der Waals surface area contributed by atoms with Crippen LogP contribution in [0.15, 0.2) is 150 Å². The zero-order valence-electron chi connectivity index (χ0n) is 24.1. The molecule has 0 fully saturated rings. The third-order valence-corrected chi connectivity index (χ3v) is 9.15. The molecule has 45 heavy (non-hydrogen) atoms. The second kappa shape index (κ2) is 9.28. The molecule has 10 rings (SSSR count). The minimum Gasteiger partial charge on any atom is -0.458 e. The summed E-state index contributed by atoms with van der Waals surface area (Å²) in [6, 6.07) is 50.7. The van der Waals surface area contributed by atoms with Gasteiger partial charge in [0.1, 0.15) is 34.2 Å². The number of para-hydroxylation sites is 2. The molecule has 0 saturated heterocycles. The molecule has 0 radical (unpaired) electrons. The zero-order valence-corrected chi connectivity index (χ0v) is 24.1. The molecule has 5 heteroatoms. The van der Waals surface area contributed by atoms with Gasteiger partial charge in [0, 0.05) is 39.4 Å². The Morgan fingerprint density at radius 3 is 2.00 bits per heavy atom. The minimum atomic E-state index is -0.000418. The van der Waals surface area contributed by atoms with E-state index in [1.165, 1.54) is 10.8 Å². The Hall–Kier alpha value is -5.94. The summed E-state index contributed by atoms with van der Waals surface area (Å²) in [5.74, 6) is 3.40. The first-order chi connectivity index (χ1) is 22.3. The molecule has 4 nitrogen and oxygen atoms in total. The number of nitrogens with zero attached hydrogens (tertiary/aromatic N) is 1. The summed E-state index contributed by atoms with van der Waals surface area (Å²) in [6.45, 7) is -0.000418. The fraction of sp³-hybridized carbons (Fsp3) is 0. The van der Waals surface area contributed by atoms with Crippen LogP contribution < -0.4 is 30.8 Å². The summed E-state index contributed by atoms with van der Waals surface area (Å²) in [6.07, 6.45) is 0. The molecule has 0 aliphatic carbocycles. The van der Waals surface area contributed by atoms with Crippen molar-refractivity contribution >= 4 is 72.9 Å². The van der Waals surface area contributed by atoms with Gasteiger partial charge in [0.2, 0.25) is 0 Å². The van der Waals surface area contributed by atoms with Gasteiger partial charge in [-0.1, -0.05) is 72.8 Å². The highest BCUT2D eigenvalue weighted by atomic mass is 16.5. The Kier molecular flexibility index (Phi) is 5.05. The molecular formula is C40H24BNO3. The average molecular weight is 577 g/mol. The van der Waals surface area contributed by atoms with Crippen molar-refractivity contribution in [3.8, 4) is 23.0 Å². The highest BCUT2D eigenvalue weighted by Crippen LogP contribution is 2.41. The molecule has 0 unspecified atom stereocenters. The van der Waals surface area contributed by atoms with Gasteiger partial charge >= 0.3 is 0 Å². The van der Waals surface area contributed by atoms with Crippen LogP contribution in [-0.2, 0) is 0 Å². The molecule has 0 saturated carbocycles. The first kappa shape index (κ1) is 24.5. The van der Waals surface area contributed by atoms with Gasteiger partial charge in [-0.3, -0.25) is 0 Å². The number of anilines is 3. The first-order valence-electron chi connectivity index (χ1n) is 15.2. The quantitative estimate of drug-likeness (QED) is 0.197. The van der Waals surface area contributed by atoms with Crippen LogP contribution in [0.1, 0.15) is 0 Å². The van der Waals surface area contributed by atoms with Crippen molar-refractivity contribution in [3.05, 3.63) is 146 Å². The SMILES string of the molecule is c1ccc(N(c2ccc3ccccc3c2)c2ccc3c(c2)oc2cc4c(cc23)Oc2cccc3c2B4c2ccccc2O3)cc1. The molecule has 0 N–H and O–H groups in total. The Labute approximate surface area is 259 Å². The van der Waals surface area contributed by atoms with E-state index in [-0.39, 0.29) is 6.71 Å². The van der Waals surface area contributed by atoms with Crippen molar-refractivity contribution < 1.29 is 13.9 Å². The van der Waals surface area contributed by atoms with Crippen LogP contribution in [0.25, 0.3) is 32.7 Å². The molecule has 3 heterocycles. The lowest BCUT2D eigenvalue weighted by Gasteiger charge is -2.32. The number of hydrogen-bond donors (Lipinski definition) is 0. The van der Waals surface area contributed by atoms with Gasteiger partial charge in [-0.15, -0.1) is 0 Å². The fourth-order valence-corrected chi connectivity index (χ4v) is 7.11. The van der Waals surface area contributed by atoms with Gasteiger partial charge < -0.3 is 18.8 Å². The Morgan fingerprint density at radius 2 is 1.11 bits per heavy atom. The smallest absolute Gasteiger partial charge is 0.260 e. The number of benzene rings is 7. The zero-order chi connectivity index (χ0) is 29.5. The normalized spacial score (nSPS) is 12.8. The highest BCUT2D eigenvalue weighted by Gasteiger charge is 2.40. The van der Waals surface area contributed by atoms with Crippen molar-refractivity contribution in [2.75, 3.05) is 4.90 Å². The predicted octanol–water partition coefficient (Wildman–Crippen LogP) is 8.94. The molecule has 8 aromatic rings. The van der Waals surface area contributed by atoms with Crippen LogP contribution in [0.2, 0.25) is 0 Å². The van der Waals surface area contributed by atoms with Gasteiger partial charge in [-0.2, -0.15) is 0 Å². The van der Waals surface area contributed by atoms with Gasteiger partial charge in [0.25, 0.3) is 6.71 Å². The van der Waals surface area contributed by atoms with Crippen molar-refractivity contribution in [2.45, 2.75) is 0 Å². The lowest BCUT2D eigenvalue weighted by Crippen LogP contribution is -2.57. The van der Waals surface area contributed by atoms with Crippen LogP contribution in [0.4, 0.5) is 17.1 Å². The second-order valence-corrected chi connectivity index (χ2v) is 11.7. The molecule has 0 bridgehead atoms. The van der Waals surface area contributed by atoms with E-state index >= 15 is 0 Å². The molecule has 7 aromatic carbocycles. The van der Waals surface area contributed by atoms with E-state index in [1.54, 1.807) is 0 Å². The van der Waals surface area contributed by atoms with Crippen LogP contribution in [0.5, 0.6) is 23.0 Å². The van der Waals surface area contributed by atoms with Crippen molar-refractivity contribution in [1.29, 1.82) is 0 Å². The lowest BCUT2D eigenvalue weighted by atomic mass is 9.35. The Bertz CT molecular complexity index is 2470. The molecule has 0 atom stereocenters. The number of fused-ring (bicyclic) bond motifs is 8. The molecule has 210 valence electrons. The summed E-state index contributed by atoms with van der Waals surface area (Å²) in [7, 11) is 0. The number of furan rings is 1. The predicted molar refractivity (Wildman–Crippen MR) is 184 cm³/mol. The van der Waals surface area contributed by atoms with Gasteiger partial charge in [-0.25, -0.2) is 0 Å². The Balaban J connectivity index is 1.15. The molecule has 0 amide bonds. The summed E-state index contributed by atoms with van der Waals surface area (Å²) in [5.41, 5.74) is 8.15. The number of ether oxygens (including phenoxy) is 2. The van der Waals surface area contributed by atoms with Crippen LogP contribution >= 0.6 is 0 Å². The minimum absolute atomic E-state index is 0.000418. The largest absolute Gasteiger partial charge is 0.458 e.